The number of amides is 1. The largest absolute Gasteiger partial charge is 0.342 e. The molecule has 0 N–H and O–H groups in total. The van der Waals surface area contributed by atoms with Crippen molar-refractivity contribution < 1.29 is 4.79 Å². The van der Waals surface area contributed by atoms with E-state index in [1.807, 2.05) is 20.9 Å². The summed E-state index contributed by atoms with van der Waals surface area (Å²) >= 11 is 0. The van der Waals surface area contributed by atoms with Crippen LogP contribution in [0.5, 0.6) is 0 Å². The Bertz CT molecular complexity index is 157. The summed E-state index contributed by atoms with van der Waals surface area (Å²) in [7, 11) is 1.82. The van der Waals surface area contributed by atoms with Gasteiger partial charge in [0, 0.05) is 19.7 Å². The molecule has 0 rings (SSSR count). The maximum absolute atomic E-state index is 11.2. The van der Waals surface area contributed by atoms with Crippen molar-refractivity contribution in [2.75, 3.05) is 13.6 Å². The molecule has 0 radical (unpaired) electrons. The molecule has 0 atom stereocenters. The molecule has 2 nitrogen and oxygen atoms in total. The number of carbonyl (C=O) groups excluding carboxylic acids is 1. The first-order chi connectivity index (χ1) is 5.07. The normalized spacial score (nSPS) is 9.09. The van der Waals surface area contributed by atoms with Crippen molar-refractivity contribution in [2.45, 2.75) is 27.2 Å². The van der Waals surface area contributed by atoms with Crippen molar-refractivity contribution in [3.63, 3.8) is 0 Å². The molecule has 0 heterocycles. The van der Waals surface area contributed by atoms with Gasteiger partial charge in [-0.1, -0.05) is 12.5 Å². The molecule has 0 saturated carbocycles. The third-order valence-corrected chi connectivity index (χ3v) is 1.35. The zero-order valence-electron chi connectivity index (χ0n) is 7.85. The average molecular weight is 155 g/mol. The highest BCUT2D eigenvalue weighted by molar-refractivity contribution is 5.87. The predicted molar refractivity (Wildman–Crippen MR) is 47.4 cm³/mol. The highest BCUT2D eigenvalue weighted by Gasteiger charge is 2.01. The summed E-state index contributed by atoms with van der Waals surface area (Å²) in [6.45, 7) is 6.75. The molecule has 0 spiro atoms. The second-order valence-corrected chi connectivity index (χ2v) is 2.98. The molecule has 0 fully saturated rings. The molecule has 0 aromatic carbocycles. The van der Waals surface area contributed by atoms with Crippen LogP contribution >= 0.6 is 0 Å². The number of hydrogen-bond acceptors (Lipinski definition) is 1. The topological polar surface area (TPSA) is 20.3 Å². The number of allylic oxidation sites excluding steroid dienone is 1. The Morgan fingerprint density at radius 2 is 2.00 bits per heavy atom. The van der Waals surface area contributed by atoms with Crippen LogP contribution in [-0.4, -0.2) is 24.4 Å². The van der Waals surface area contributed by atoms with Crippen molar-refractivity contribution >= 4 is 5.91 Å². The third-order valence-electron chi connectivity index (χ3n) is 1.35. The lowest BCUT2D eigenvalue weighted by Crippen LogP contribution is -2.25. The molecule has 0 aromatic rings. The fourth-order valence-electron chi connectivity index (χ4n) is 0.803. The quantitative estimate of drug-likeness (QED) is 0.569. The van der Waals surface area contributed by atoms with Crippen molar-refractivity contribution in [3.8, 4) is 0 Å². The fourth-order valence-corrected chi connectivity index (χ4v) is 0.803. The maximum atomic E-state index is 11.2. The summed E-state index contributed by atoms with van der Waals surface area (Å²) < 4.78 is 0. The average Bonchev–Trinajstić information content (AvgIpc) is 1.86. The monoisotopic (exact) mass is 155 g/mol. The third kappa shape index (κ3) is 4.59. The lowest BCUT2D eigenvalue weighted by atomic mass is 10.3. The summed E-state index contributed by atoms with van der Waals surface area (Å²) in [6.07, 6.45) is 2.68. The van der Waals surface area contributed by atoms with Gasteiger partial charge in [-0.15, -0.1) is 0 Å². The van der Waals surface area contributed by atoms with Crippen molar-refractivity contribution in [2.24, 2.45) is 0 Å². The summed E-state index contributed by atoms with van der Waals surface area (Å²) in [6, 6.07) is 0. The van der Waals surface area contributed by atoms with Gasteiger partial charge in [0.15, 0.2) is 0 Å². The second-order valence-electron chi connectivity index (χ2n) is 2.98. The first-order valence-corrected chi connectivity index (χ1v) is 3.98. The van der Waals surface area contributed by atoms with Gasteiger partial charge in [0.25, 0.3) is 0 Å². The molecule has 0 aromatic heterocycles. The van der Waals surface area contributed by atoms with Crippen LogP contribution in [0.15, 0.2) is 11.6 Å². The van der Waals surface area contributed by atoms with Gasteiger partial charge in [-0.05, 0) is 20.3 Å². The molecule has 0 aliphatic heterocycles. The molecule has 1 amide bonds. The van der Waals surface area contributed by atoms with Crippen LogP contribution in [0.4, 0.5) is 0 Å². The van der Waals surface area contributed by atoms with E-state index in [9.17, 15) is 4.79 Å². The van der Waals surface area contributed by atoms with Crippen LogP contribution in [0.2, 0.25) is 0 Å². The minimum atomic E-state index is 0.104. The van der Waals surface area contributed by atoms with Crippen molar-refractivity contribution in [1.82, 2.24) is 4.90 Å². The fraction of sp³-hybridized carbons (Fsp3) is 0.667. The van der Waals surface area contributed by atoms with Crippen LogP contribution in [0.1, 0.15) is 27.2 Å². The number of rotatable bonds is 3. The maximum Gasteiger partial charge on any atom is 0.246 e. The number of likely N-dealkylation sites (N-methyl/N-ethyl adjacent to an activating group) is 1. The SMILES string of the molecule is CCCN(C)C(=O)C=C(C)C. The lowest BCUT2D eigenvalue weighted by Gasteiger charge is -2.13. The highest BCUT2D eigenvalue weighted by Crippen LogP contribution is 1.94. The number of carbonyl (C=O) groups is 1. The summed E-state index contributed by atoms with van der Waals surface area (Å²) in [4.78, 5) is 12.9. The van der Waals surface area contributed by atoms with Gasteiger partial charge in [-0.3, -0.25) is 4.79 Å². The smallest absolute Gasteiger partial charge is 0.246 e. The molecule has 0 unspecified atom stereocenters. The first kappa shape index (κ1) is 10.2. The Morgan fingerprint density at radius 3 is 2.36 bits per heavy atom. The highest BCUT2D eigenvalue weighted by atomic mass is 16.2. The minimum Gasteiger partial charge on any atom is -0.342 e. The van der Waals surface area contributed by atoms with E-state index in [-0.39, 0.29) is 5.91 Å². The van der Waals surface area contributed by atoms with E-state index >= 15 is 0 Å². The Balaban J connectivity index is 3.93. The van der Waals surface area contributed by atoms with Gasteiger partial charge < -0.3 is 4.90 Å². The van der Waals surface area contributed by atoms with Gasteiger partial charge in [0.05, 0.1) is 0 Å². The Morgan fingerprint density at radius 1 is 1.45 bits per heavy atom. The Kier molecular flexibility index (Phi) is 4.59. The van der Waals surface area contributed by atoms with Gasteiger partial charge in [-0.2, -0.15) is 0 Å². The molecular formula is C9H17NO. The molecule has 11 heavy (non-hydrogen) atoms. The number of hydrogen-bond donors (Lipinski definition) is 0. The van der Waals surface area contributed by atoms with E-state index in [0.717, 1.165) is 18.5 Å². The van der Waals surface area contributed by atoms with Crippen LogP contribution < -0.4 is 0 Å². The lowest BCUT2D eigenvalue weighted by molar-refractivity contribution is -0.124. The first-order valence-electron chi connectivity index (χ1n) is 3.98. The van der Waals surface area contributed by atoms with Crippen LogP contribution in [0.3, 0.4) is 0 Å². The van der Waals surface area contributed by atoms with Gasteiger partial charge in [0.2, 0.25) is 5.91 Å². The molecule has 0 saturated heterocycles. The van der Waals surface area contributed by atoms with Crippen molar-refractivity contribution in [3.05, 3.63) is 11.6 Å². The molecule has 2 heteroatoms. The molecule has 0 bridgehead atoms. The van der Waals surface area contributed by atoms with Crippen molar-refractivity contribution in [1.29, 1.82) is 0 Å². The zero-order valence-corrected chi connectivity index (χ0v) is 7.85. The summed E-state index contributed by atoms with van der Waals surface area (Å²) in [5.41, 5.74) is 1.05. The van der Waals surface area contributed by atoms with Gasteiger partial charge in [-0.25, -0.2) is 0 Å². The van der Waals surface area contributed by atoms with E-state index in [0.29, 0.717) is 0 Å². The van der Waals surface area contributed by atoms with Gasteiger partial charge in [0.1, 0.15) is 0 Å². The van der Waals surface area contributed by atoms with Gasteiger partial charge >= 0.3 is 0 Å². The van der Waals surface area contributed by atoms with E-state index in [4.69, 9.17) is 0 Å². The molecule has 0 aliphatic rings. The molecular weight excluding hydrogens is 138 g/mol. The van der Waals surface area contributed by atoms with E-state index in [2.05, 4.69) is 6.92 Å². The minimum absolute atomic E-state index is 0.104. The predicted octanol–water partition coefficient (Wildman–Crippen LogP) is 1.82. The summed E-state index contributed by atoms with van der Waals surface area (Å²) in [5, 5.41) is 0. The zero-order chi connectivity index (χ0) is 8.85. The molecule has 0 aliphatic carbocycles. The van der Waals surface area contributed by atoms with E-state index in [1.54, 1.807) is 11.0 Å². The van der Waals surface area contributed by atoms with Crippen LogP contribution in [-0.2, 0) is 4.79 Å². The van der Waals surface area contributed by atoms with E-state index in [1.165, 1.54) is 0 Å². The van der Waals surface area contributed by atoms with Crippen LogP contribution in [0.25, 0.3) is 0 Å². The standard InChI is InChI=1S/C9H17NO/c1-5-6-10(4)9(11)7-8(2)3/h7H,5-6H2,1-4H3. The Hall–Kier alpha value is -0.790. The second kappa shape index (κ2) is 4.94. The number of nitrogens with zero attached hydrogens (tertiary/aromatic N) is 1. The van der Waals surface area contributed by atoms with E-state index < -0.39 is 0 Å². The Labute approximate surface area is 68.9 Å². The van der Waals surface area contributed by atoms with Crippen LogP contribution in [0, 0.1) is 0 Å². The molecule has 64 valence electrons. The summed E-state index contributed by atoms with van der Waals surface area (Å²) in [5.74, 6) is 0.104.